The van der Waals surface area contributed by atoms with Crippen LogP contribution in [0.25, 0.3) is 17.5 Å². The Morgan fingerprint density at radius 1 is 1.16 bits per heavy atom. The molecule has 1 aliphatic rings. The van der Waals surface area contributed by atoms with Crippen LogP contribution in [0.15, 0.2) is 64.2 Å². The predicted molar refractivity (Wildman–Crippen MR) is 160 cm³/mol. The Balaban J connectivity index is 1.53. The first-order chi connectivity index (χ1) is 20.6. The van der Waals surface area contributed by atoms with Gasteiger partial charge in [-0.15, -0.1) is 0 Å². The Hall–Kier alpha value is -4.22. The summed E-state index contributed by atoms with van der Waals surface area (Å²) >= 11 is 3.25. The van der Waals surface area contributed by atoms with Gasteiger partial charge in [0.1, 0.15) is 23.2 Å². The van der Waals surface area contributed by atoms with E-state index in [0.717, 1.165) is 12.1 Å². The molecule has 0 aliphatic carbocycles. The number of carboxylic acids is 1. The maximum Gasteiger partial charge on any atom is 0.328 e. The zero-order valence-electron chi connectivity index (χ0n) is 23.0. The van der Waals surface area contributed by atoms with Gasteiger partial charge in [0.2, 0.25) is 0 Å². The number of halogens is 4. The van der Waals surface area contributed by atoms with Crippen molar-refractivity contribution in [3.8, 4) is 22.9 Å². The summed E-state index contributed by atoms with van der Waals surface area (Å²) in [4.78, 5) is 22.9. The zero-order chi connectivity index (χ0) is 30.7. The number of aromatic amines is 1. The van der Waals surface area contributed by atoms with Crippen LogP contribution in [0.3, 0.4) is 0 Å². The molecular formula is C32H27BrF3N3O4. The lowest BCUT2D eigenvalue weighted by atomic mass is 9.75. The predicted octanol–water partition coefficient (Wildman–Crippen LogP) is 7.55. The van der Waals surface area contributed by atoms with Crippen LogP contribution < -0.4 is 4.74 Å². The molecule has 0 amide bonds. The first-order valence-electron chi connectivity index (χ1n) is 13.5. The summed E-state index contributed by atoms with van der Waals surface area (Å²) in [5, 5.41) is 18.5. The number of fused-ring (bicyclic) bond motifs is 1. The number of nitrogens with zero attached hydrogens (tertiary/aromatic N) is 2. The average Bonchev–Trinajstić information content (AvgIpc) is 3.66. The summed E-state index contributed by atoms with van der Waals surface area (Å²) in [5.74, 6) is -3.01. The quantitative estimate of drug-likeness (QED) is 0.114. The van der Waals surface area contributed by atoms with E-state index in [2.05, 4.69) is 30.9 Å². The number of carboxylic acid groups (broad SMARTS) is 1. The monoisotopic (exact) mass is 653 g/mol. The highest BCUT2D eigenvalue weighted by Crippen LogP contribution is 2.41. The zero-order valence-corrected chi connectivity index (χ0v) is 24.6. The van der Waals surface area contributed by atoms with E-state index in [1.165, 1.54) is 36.7 Å². The first kappa shape index (κ1) is 30.2. The number of imidazole rings is 1. The highest BCUT2D eigenvalue weighted by Gasteiger charge is 2.34. The van der Waals surface area contributed by atoms with E-state index < -0.39 is 28.8 Å². The minimum absolute atomic E-state index is 0.00526. The van der Waals surface area contributed by atoms with Crippen LogP contribution in [0.4, 0.5) is 13.2 Å². The molecule has 222 valence electrons. The summed E-state index contributed by atoms with van der Waals surface area (Å²) in [5.41, 5.74) is 1.40. The van der Waals surface area contributed by atoms with E-state index in [4.69, 9.17) is 9.84 Å². The van der Waals surface area contributed by atoms with Gasteiger partial charge < -0.3 is 19.9 Å². The van der Waals surface area contributed by atoms with Gasteiger partial charge in [-0.2, -0.15) is 0 Å². The van der Waals surface area contributed by atoms with E-state index in [0.29, 0.717) is 46.1 Å². The number of aliphatic imine (C=N–C) groups is 1. The largest absolute Gasteiger partial charge is 0.478 e. The lowest BCUT2D eigenvalue weighted by Gasteiger charge is -2.30. The molecule has 7 nitrogen and oxygen atoms in total. The molecule has 0 radical (unpaired) electrons. The van der Waals surface area contributed by atoms with Gasteiger partial charge in [0.25, 0.3) is 0 Å². The summed E-state index contributed by atoms with van der Waals surface area (Å²) in [6, 6.07) is 10.1. The molecule has 2 heterocycles. The highest BCUT2D eigenvalue weighted by atomic mass is 79.9. The van der Waals surface area contributed by atoms with Gasteiger partial charge in [0.15, 0.2) is 11.6 Å². The fourth-order valence-corrected chi connectivity index (χ4v) is 5.57. The van der Waals surface area contributed by atoms with Crippen molar-refractivity contribution >= 4 is 34.2 Å². The molecule has 0 fully saturated rings. The number of unbranched alkanes of at least 4 members (excludes halogenated alkanes) is 1. The molecule has 1 atom stereocenters. The number of rotatable bonds is 11. The number of ether oxygens (including phenoxy) is 1. The van der Waals surface area contributed by atoms with E-state index in [1.54, 1.807) is 18.2 Å². The lowest BCUT2D eigenvalue weighted by Crippen LogP contribution is -2.26. The molecule has 3 aromatic carbocycles. The number of aliphatic carboxylic acids is 1. The molecular weight excluding hydrogens is 627 g/mol. The van der Waals surface area contributed by atoms with Crippen LogP contribution in [0.2, 0.25) is 0 Å². The molecule has 1 aliphatic heterocycles. The Morgan fingerprint density at radius 2 is 1.98 bits per heavy atom. The lowest BCUT2D eigenvalue weighted by molar-refractivity contribution is -0.131. The van der Waals surface area contributed by atoms with E-state index >= 15 is 13.2 Å². The maximum atomic E-state index is 15.3. The van der Waals surface area contributed by atoms with Crippen molar-refractivity contribution in [3.05, 3.63) is 105 Å². The van der Waals surface area contributed by atoms with Crippen molar-refractivity contribution < 1.29 is 32.9 Å². The molecule has 3 N–H and O–H groups in total. The molecule has 1 aromatic heterocycles. The Bertz CT molecular complexity index is 1750. The minimum atomic E-state index is -1.22. The van der Waals surface area contributed by atoms with Gasteiger partial charge in [0, 0.05) is 52.9 Å². The maximum absolute atomic E-state index is 15.3. The van der Waals surface area contributed by atoms with Crippen molar-refractivity contribution in [2.45, 2.75) is 38.1 Å². The summed E-state index contributed by atoms with van der Waals surface area (Å²) in [6.45, 7) is 2.11. The smallest absolute Gasteiger partial charge is 0.328 e. The van der Waals surface area contributed by atoms with Crippen LogP contribution in [0, 0.1) is 17.5 Å². The molecule has 11 heteroatoms. The standard InChI is InChI=1S/C32H27BrF3N3O4/c1-32(11-2-3-12-40,23-5-4-6-24(33)29(23)36)27-17-38-31(39-27)21-14-19(7-9-25(21)34)43-30-20(8-10-28(41)42)22-16-37-15-18(22)13-26(30)35/h4-10,13-14,16-17,40H,2-3,11-12,15H2,1H3,(H,38,39)(H,41,42)/b10-8+. The van der Waals surface area contributed by atoms with Gasteiger partial charge in [-0.25, -0.2) is 22.9 Å². The second-order valence-electron chi connectivity index (χ2n) is 10.3. The van der Waals surface area contributed by atoms with Crippen molar-refractivity contribution in [1.29, 1.82) is 0 Å². The van der Waals surface area contributed by atoms with Crippen molar-refractivity contribution in [2.75, 3.05) is 6.61 Å². The molecule has 43 heavy (non-hydrogen) atoms. The number of H-pyrrole nitrogens is 1. The fourth-order valence-electron chi connectivity index (χ4n) is 5.20. The number of aromatic nitrogens is 2. The Labute approximate surface area is 253 Å². The van der Waals surface area contributed by atoms with Gasteiger partial charge in [-0.1, -0.05) is 12.1 Å². The van der Waals surface area contributed by atoms with E-state index in [-0.39, 0.29) is 41.6 Å². The number of nitrogens with one attached hydrogen (secondary N) is 1. The van der Waals surface area contributed by atoms with Crippen LogP contribution in [-0.2, 0) is 16.8 Å². The van der Waals surface area contributed by atoms with Crippen LogP contribution >= 0.6 is 15.9 Å². The van der Waals surface area contributed by atoms with E-state index in [1.807, 2.05) is 6.92 Å². The molecule has 0 saturated heterocycles. The van der Waals surface area contributed by atoms with Crippen LogP contribution in [0.5, 0.6) is 11.5 Å². The third kappa shape index (κ3) is 6.14. The third-order valence-electron chi connectivity index (χ3n) is 7.49. The number of hydrogen-bond acceptors (Lipinski definition) is 5. The number of aliphatic hydroxyl groups excluding tert-OH is 1. The number of aliphatic hydroxyl groups is 1. The van der Waals surface area contributed by atoms with Crippen LogP contribution in [-0.4, -0.2) is 39.0 Å². The van der Waals surface area contributed by atoms with E-state index in [9.17, 15) is 9.90 Å². The van der Waals surface area contributed by atoms with Gasteiger partial charge in [-0.05, 0) is 84.1 Å². The molecule has 1 unspecified atom stereocenters. The number of benzene rings is 3. The topological polar surface area (TPSA) is 108 Å². The number of carbonyl (C=O) groups is 1. The van der Waals surface area contributed by atoms with Crippen molar-refractivity contribution in [2.24, 2.45) is 4.99 Å². The van der Waals surface area contributed by atoms with Crippen molar-refractivity contribution in [1.82, 2.24) is 9.97 Å². The fraction of sp³-hybridized carbons (Fsp3) is 0.219. The normalized spacial score (nSPS) is 13.8. The Morgan fingerprint density at radius 3 is 2.74 bits per heavy atom. The molecule has 0 saturated carbocycles. The van der Waals surface area contributed by atoms with Crippen LogP contribution in [0.1, 0.15) is 54.1 Å². The van der Waals surface area contributed by atoms with Gasteiger partial charge in [0.05, 0.1) is 16.6 Å². The minimum Gasteiger partial charge on any atom is -0.478 e. The second-order valence-corrected chi connectivity index (χ2v) is 11.2. The molecule has 5 rings (SSSR count). The summed E-state index contributed by atoms with van der Waals surface area (Å²) in [7, 11) is 0. The molecule has 0 spiro atoms. The SMILES string of the molecule is CC(CCCCO)(c1cnc(-c2cc(Oc3c(F)cc4c(c3/C=C/C(=O)O)C=NC4)ccc2F)[nH]1)c1cccc(Br)c1F. The first-order valence-corrected chi connectivity index (χ1v) is 14.3. The van der Waals surface area contributed by atoms with Gasteiger partial charge >= 0.3 is 5.97 Å². The molecule has 4 aromatic rings. The van der Waals surface area contributed by atoms with Crippen molar-refractivity contribution in [3.63, 3.8) is 0 Å². The Kier molecular flexibility index (Phi) is 8.84. The molecule has 0 bridgehead atoms. The second kappa shape index (κ2) is 12.6. The summed E-state index contributed by atoms with van der Waals surface area (Å²) in [6.07, 6.45) is 6.75. The highest BCUT2D eigenvalue weighted by molar-refractivity contribution is 9.10. The van der Waals surface area contributed by atoms with Gasteiger partial charge in [-0.3, -0.25) is 4.99 Å². The summed E-state index contributed by atoms with van der Waals surface area (Å²) < 4.78 is 51.9. The average molecular weight is 654 g/mol. The number of hydrogen-bond donors (Lipinski definition) is 3. The third-order valence-corrected chi connectivity index (χ3v) is 8.10.